The fraction of sp³-hybridized carbons (Fsp3) is 0.227. The number of nitrogens with two attached hydrogens (primary N) is 1. The van der Waals surface area contributed by atoms with Gasteiger partial charge in [-0.1, -0.05) is 24.3 Å². The molecule has 1 aliphatic rings. The number of nitrogens with zero attached hydrogens (tertiary/aromatic N) is 1. The Hall–Kier alpha value is -2.70. The van der Waals surface area contributed by atoms with E-state index >= 15 is 0 Å². The molecule has 1 aliphatic heterocycles. The SMILES string of the molecule is COc1ccc(-c2cccc3cc(C(=O)N4CC[C@@H](N)C4)ccc23)c(F)c1F.Cl. The number of carbonyl (C=O) groups excluding carboxylic acids is 1. The Morgan fingerprint density at radius 3 is 2.59 bits per heavy atom. The summed E-state index contributed by atoms with van der Waals surface area (Å²) in [5.74, 6) is -2.19. The number of benzene rings is 3. The summed E-state index contributed by atoms with van der Waals surface area (Å²) in [5, 5.41) is 1.52. The smallest absolute Gasteiger partial charge is 0.253 e. The van der Waals surface area contributed by atoms with Crippen LogP contribution in [0.1, 0.15) is 16.8 Å². The van der Waals surface area contributed by atoms with Crippen LogP contribution in [-0.2, 0) is 0 Å². The van der Waals surface area contributed by atoms with E-state index in [0.717, 1.165) is 17.2 Å². The van der Waals surface area contributed by atoms with Crippen molar-refractivity contribution in [1.82, 2.24) is 4.90 Å². The molecule has 152 valence electrons. The minimum absolute atomic E-state index is 0. The molecule has 2 N–H and O–H groups in total. The molecule has 0 aromatic heterocycles. The summed E-state index contributed by atoms with van der Waals surface area (Å²) >= 11 is 0. The van der Waals surface area contributed by atoms with Gasteiger partial charge in [-0.25, -0.2) is 4.39 Å². The molecular formula is C22H21ClF2N2O2. The third kappa shape index (κ3) is 3.78. The molecule has 0 radical (unpaired) electrons. The van der Waals surface area contributed by atoms with Gasteiger partial charge in [0.1, 0.15) is 0 Å². The van der Waals surface area contributed by atoms with Crippen LogP contribution < -0.4 is 10.5 Å². The summed E-state index contributed by atoms with van der Waals surface area (Å²) in [6.45, 7) is 1.20. The van der Waals surface area contributed by atoms with Crippen molar-refractivity contribution >= 4 is 29.1 Å². The molecular weight excluding hydrogens is 398 g/mol. The van der Waals surface area contributed by atoms with Crippen molar-refractivity contribution < 1.29 is 18.3 Å². The maximum atomic E-state index is 14.6. The highest BCUT2D eigenvalue weighted by Crippen LogP contribution is 2.34. The summed E-state index contributed by atoms with van der Waals surface area (Å²) in [7, 11) is 1.29. The lowest BCUT2D eigenvalue weighted by molar-refractivity contribution is 0.0791. The number of ether oxygens (including phenoxy) is 1. The zero-order chi connectivity index (χ0) is 19.8. The Balaban J connectivity index is 0.00000240. The monoisotopic (exact) mass is 418 g/mol. The van der Waals surface area contributed by atoms with Crippen LogP contribution in [0, 0.1) is 11.6 Å². The van der Waals surface area contributed by atoms with E-state index in [0.29, 0.717) is 24.2 Å². The van der Waals surface area contributed by atoms with Crippen LogP contribution in [0.15, 0.2) is 48.5 Å². The molecule has 3 aromatic carbocycles. The molecule has 1 atom stereocenters. The number of halogens is 3. The first-order valence-corrected chi connectivity index (χ1v) is 9.09. The van der Waals surface area contributed by atoms with Crippen molar-refractivity contribution in [1.29, 1.82) is 0 Å². The van der Waals surface area contributed by atoms with Gasteiger partial charge in [-0.15, -0.1) is 12.4 Å². The van der Waals surface area contributed by atoms with E-state index in [2.05, 4.69) is 0 Å². The van der Waals surface area contributed by atoms with Gasteiger partial charge < -0.3 is 15.4 Å². The van der Waals surface area contributed by atoms with E-state index in [1.807, 2.05) is 6.07 Å². The molecule has 0 aliphatic carbocycles. The molecule has 1 fully saturated rings. The summed E-state index contributed by atoms with van der Waals surface area (Å²) in [4.78, 5) is 14.5. The van der Waals surface area contributed by atoms with Gasteiger partial charge in [0, 0.05) is 30.3 Å². The Labute approximate surface area is 173 Å². The number of fused-ring (bicyclic) bond motifs is 1. The minimum Gasteiger partial charge on any atom is -0.494 e. The zero-order valence-corrected chi connectivity index (χ0v) is 16.6. The second-order valence-corrected chi connectivity index (χ2v) is 6.98. The lowest BCUT2D eigenvalue weighted by atomic mass is 9.96. The van der Waals surface area contributed by atoms with Crippen LogP contribution in [0.3, 0.4) is 0 Å². The molecule has 1 amide bonds. The quantitative estimate of drug-likeness (QED) is 0.686. The largest absolute Gasteiger partial charge is 0.494 e. The third-order valence-corrected chi connectivity index (χ3v) is 5.20. The summed E-state index contributed by atoms with van der Waals surface area (Å²) in [6.07, 6.45) is 0.797. The number of rotatable bonds is 3. The summed E-state index contributed by atoms with van der Waals surface area (Å²) in [6, 6.07) is 13.5. The zero-order valence-electron chi connectivity index (χ0n) is 15.8. The number of methoxy groups -OCH3 is 1. The van der Waals surface area contributed by atoms with E-state index in [9.17, 15) is 13.6 Å². The predicted octanol–water partition coefficient (Wildman–Crippen LogP) is 4.39. The fourth-order valence-electron chi connectivity index (χ4n) is 3.70. The minimum atomic E-state index is -1.02. The lowest BCUT2D eigenvalue weighted by Crippen LogP contribution is -2.31. The van der Waals surface area contributed by atoms with Crippen molar-refractivity contribution in [2.75, 3.05) is 20.2 Å². The molecule has 3 aromatic rings. The average Bonchev–Trinajstić information content (AvgIpc) is 3.15. The van der Waals surface area contributed by atoms with Gasteiger partial charge in [-0.05, 0) is 47.0 Å². The second-order valence-electron chi connectivity index (χ2n) is 6.98. The molecule has 0 unspecified atom stereocenters. The number of hydrogen-bond donors (Lipinski definition) is 1. The van der Waals surface area contributed by atoms with Crippen molar-refractivity contribution in [3.05, 3.63) is 65.7 Å². The van der Waals surface area contributed by atoms with Crippen molar-refractivity contribution in [3.8, 4) is 16.9 Å². The predicted molar refractivity (Wildman–Crippen MR) is 112 cm³/mol. The van der Waals surface area contributed by atoms with Crippen LogP contribution in [0.2, 0.25) is 0 Å². The maximum absolute atomic E-state index is 14.6. The Bertz CT molecular complexity index is 1070. The molecule has 29 heavy (non-hydrogen) atoms. The second kappa shape index (κ2) is 8.35. The number of hydrogen-bond acceptors (Lipinski definition) is 3. The van der Waals surface area contributed by atoms with Gasteiger partial charge in [0.2, 0.25) is 5.82 Å². The van der Waals surface area contributed by atoms with Crippen LogP contribution in [-0.4, -0.2) is 37.0 Å². The van der Waals surface area contributed by atoms with Crippen molar-refractivity contribution in [2.45, 2.75) is 12.5 Å². The number of likely N-dealkylation sites (tertiary alicyclic amines) is 1. The average molecular weight is 419 g/mol. The first kappa shape index (κ1) is 21.0. The van der Waals surface area contributed by atoms with E-state index < -0.39 is 11.6 Å². The Morgan fingerprint density at radius 2 is 1.90 bits per heavy atom. The molecule has 0 saturated carbocycles. The summed E-state index contributed by atoms with van der Waals surface area (Å²) in [5.41, 5.74) is 7.15. The summed E-state index contributed by atoms with van der Waals surface area (Å²) < 4.78 is 33.6. The maximum Gasteiger partial charge on any atom is 0.253 e. The van der Waals surface area contributed by atoms with Crippen LogP contribution >= 0.6 is 12.4 Å². The lowest BCUT2D eigenvalue weighted by Gasteiger charge is -2.16. The molecule has 0 spiro atoms. The highest BCUT2D eigenvalue weighted by atomic mass is 35.5. The molecule has 4 rings (SSSR count). The Kier molecular flexibility index (Phi) is 6.05. The van der Waals surface area contributed by atoms with Crippen LogP contribution in [0.5, 0.6) is 5.75 Å². The van der Waals surface area contributed by atoms with Crippen LogP contribution in [0.4, 0.5) is 8.78 Å². The van der Waals surface area contributed by atoms with E-state index in [4.69, 9.17) is 10.5 Å². The van der Waals surface area contributed by atoms with Gasteiger partial charge in [-0.3, -0.25) is 4.79 Å². The fourth-order valence-corrected chi connectivity index (χ4v) is 3.70. The van der Waals surface area contributed by atoms with E-state index in [1.54, 1.807) is 35.2 Å². The van der Waals surface area contributed by atoms with Gasteiger partial charge in [0.05, 0.1) is 7.11 Å². The van der Waals surface area contributed by atoms with Crippen molar-refractivity contribution in [3.63, 3.8) is 0 Å². The number of carbonyl (C=O) groups is 1. The highest BCUT2D eigenvalue weighted by molar-refractivity contribution is 6.02. The van der Waals surface area contributed by atoms with Crippen molar-refractivity contribution in [2.24, 2.45) is 5.73 Å². The third-order valence-electron chi connectivity index (χ3n) is 5.20. The molecule has 7 heteroatoms. The number of amides is 1. The topological polar surface area (TPSA) is 55.6 Å². The standard InChI is InChI=1S/C22H20F2N2O2.ClH/c1-28-19-8-7-18(20(23)21(19)24)17-4-2-3-13-11-14(5-6-16(13)17)22(27)26-10-9-15(25)12-26;/h2-8,11,15H,9-10,12,25H2,1H3;1H/t15-;/m1./s1. The molecule has 0 bridgehead atoms. The van der Waals surface area contributed by atoms with E-state index in [1.165, 1.54) is 19.2 Å². The van der Waals surface area contributed by atoms with Crippen LogP contribution in [0.25, 0.3) is 21.9 Å². The first-order chi connectivity index (χ1) is 13.5. The Morgan fingerprint density at radius 1 is 1.10 bits per heavy atom. The highest BCUT2D eigenvalue weighted by Gasteiger charge is 2.25. The normalized spacial score (nSPS) is 16.0. The van der Waals surface area contributed by atoms with Gasteiger partial charge in [0.15, 0.2) is 11.6 Å². The first-order valence-electron chi connectivity index (χ1n) is 9.09. The molecule has 1 saturated heterocycles. The molecule has 1 heterocycles. The van der Waals surface area contributed by atoms with Gasteiger partial charge >= 0.3 is 0 Å². The van der Waals surface area contributed by atoms with Gasteiger partial charge in [0.25, 0.3) is 5.91 Å². The van der Waals surface area contributed by atoms with E-state index in [-0.39, 0.29) is 35.7 Å². The molecule has 4 nitrogen and oxygen atoms in total. The van der Waals surface area contributed by atoms with Gasteiger partial charge in [-0.2, -0.15) is 4.39 Å².